The Bertz CT molecular complexity index is 619. The van der Waals surface area contributed by atoms with Crippen molar-refractivity contribution < 1.29 is 9.47 Å². The molecule has 0 aliphatic carbocycles. The lowest BCUT2D eigenvalue weighted by Gasteiger charge is -2.17. The van der Waals surface area contributed by atoms with Gasteiger partial charge in [0.15, 0.2) is 0 Å². The second-order valence-electron chi connectivity index (χ2n) is 4.11. The van der Waals surface area contributed by atoms with Crippen LogP contribution in [0, 0.1) is 3.57 Å². The summed E-state index contributed by atoms with van der Waals surface area (Å²) in [6, 6.07) is 11.8. The number of ether oxygens (including phenoxy) is 2. The zero-order valence-electron chi connectivity index (χ0n) is 11.0. The maximum Gasteiger partial charge on any atom is 0.133 e. The Balaban J connectivity index is 2.53. The zero-order valence-corrected chi connectivity index (χ0v) is 15.5. The minimum absolute atomic E-state index is 0.292. The molecule has 0 bridgehead atoms. The van der Waals surface area contributed by atoms with Crippen LogP contribution in [0.3, 0.4) is 0 Å². The first kappa shape index (κ1) is 15.9. The van der Waals surface area contributed by atoms with E-state index in [-0.39, 0.29) is 5.38 Å². The molecule has 5 heteroatoms. The van der Waals surface area contributed by atoms with Crippen LogP contribution in [-0.4, -0.2) is 14.2 Å². The van der Waals surface area contributed by atoms with Crippen LogP contribution < -0.4 is 9.47 Å². The Morgan fingerprint density at radius 3 is 2.30 bits per heavy atom. The van der Waals surface area contributed by atoms with Crippen LogP contribution in [0.2, 0.25) is 0 Å². The normalized spacial score (nSPS) is 12.1. The smallest absolute Gasteiger partial charge is 0.133 e. The maximum absolute atomic E-state index is 6.65. The molecular weight excluding hydrogens is 454 g/mol. The molecule has 2 aromatic rings. The van der Waals surface area contributed by atoms with Crippen molar-refractivity contribution in [3.05, 3.63) is 55.6 Å². The lowest BCUT2D eigenvalue weighted by molar-refractivity contribution is 0.397. The van der Waals surface area contributed by atoms with Gasteiger partial charge in [-0.05, 0) is 62.3 Å². The van der Waals surface area contributed by atoms with Crippen molar-refractivity contribution >= 4 is 50.1 Å². The fraction of sp³-hybridized carbons (Fsp3) is 0.200. The van der Waals surface area contributed by atoms with Crippen LogP contribution >= 0.6 is 50.1 Å². The van der Waals surface area contributed by atoms with Gasteiger partial charge in [0, 0.05) is 9.13 Å². The van der Waals surface area contributed by atoms with E-state index in [2.05, 4.69) is 38.5 Å². The van der Waals surface area contributed by atoms with Crippen molar-refractivity contribution in [2.24, 2.45) is 0 Å². The Morgan fingerprint density at radius 1 is 1.05 bits per heavy atom. The van der Waals surface area contributed by atoms with Gasteiger partial charge in [-0.3, -0.25) is 0 Å². The van der Waals surface area contributed by atoms with E-state index >= 15 is 0 Å². The average Bonchev–Trinajstić information content (AvgIpc) is 2.46. The van der Waals surface area contributed by atoms with Crippen LogP contribution in [0.1, 0.15) is 16.5 Å². The summed E-state index contributed by atoms with van der Waals surface area (Å²) in [6.45, 7) is 0. The van der Waals surface area contributed by atoms with Gasteiger partial charge in [-0.15, -0.1) is 11.6 Å². The fourth-order valence-electron chi connectivity index (χ4n) is 1.93. The Kier molecular flexibility index (Phi) is 5.57. The van der Waals surface area contributed by atoms with Crippen molar-refractivity contribution in [1.82, 2.24) is 0 Å². The van der Waals surface area contributed by atoms with Gasteiger partial charge in [-0.25, -0.2) is 0 Å². The molecule has 0 aliphatic heterocycles. The molecule has 0 aliphatic rings. The molecule has 106 valence electrons. The minimum Gasteiger partial charge on any atom is -0.496 e. The molecule has 2 rings (SSSR count). The topological polar surface area (TPSA) is 18.5 Å². The van der Waals surface area contributed by atoms with E-state index in [0.29, 0.717) is 0 Å². The summed E-state index contributed by atoms with van der Waals surface area (Å²) in [5.41, 5.74) is 1.94. The molecule has 0 saturated carbocycles. The highest BCUT2D eigenvalue weighted by Crippen LogP contribution is 2.41. The second kappa shape index (κ2) is 7.00. The van der Waals surface area contributed by atoms with Crippen LogP contribution in [0.4, 0.5) is 0 Å². The summed E-state index contributed by atoms with van der Waals surface area (Å²) in [7, 11) is 3.27. The van der Waals surface area contributed by atoms with Crippen LogP contribution in [0.25, 0.3) is 0 Å². The molecule has 0 spiro atoms. The molecule has 2 aromatic carbocycles. The number of alkyl halides is 1. The molecule has 0 saturated heterocycles. The Hall–Kier alpha value is -0.460. The number of methoxy groups -OCH3 is 2. The largest absolute Gasteiger partial charge is 0.496 e. The Morgan fingerprint density at radius 2 is 1.70 bits per heavy atom. The Labute approximate surface area is 145 Å². The van der Waals surface area contributed by atoms with Crippen molar-refractivity contribution in [3.63, 3.8) is 0 Å². The number of hydrogen-bond donors (Lipinski definition) is 0. The lowest BCUT2D eigenvalue weighted by atomic mass is 10.0. The minimum atomic E-state index is -0.292. The number of halogens is 3. The van der Waals surface area contributed by atoms with Crippen molar-refractivity contribution in [3.8, 4) is 11.5 Å². The third kappa shape index (κ3) is 3.23. The predicted molar refractivity (Wildman–Crippen MR) is 94.1 cm³/mol. The van der Waals surface area contributed by atoms with Crippen molar-refractivity contribution in [1.29, 1.82) is 0 Å². The van der Waals surface area contributed by atoms with E-state index in [9.17, 15) is 0 Å². The van der Waals surface area contributed by atoms with Gasteiger partial charge >= 0.3 is 0 Å². The molecule has 20 heavy (non-hydrogen) atoms. The first-order valence-electron chi connectivity index (χ1n) is 5.88. The number of benzene rings is 2. The number of rotatable bonds is 4. The summed E-state index contributed by atoms with van der Waals surface area (Å²) in [5, 5.41) is -0.292. The van der Waals surface area contributed by atoms with E-state index < -0.39 is 0 Å². The third-order valence-corrected chi connectivity index (χ3v) is 5.03. The molecule has 1 unspecified atom stereocenters. The van der Waals surface area contributed by atoms with Gasteiger partial charge in [-0.2, -0.15) is 0 Å². The average molecular weight is 468 g/mol. The quantitative estimate of drug-likeness (QED) is 0.443. The van der Waals surface area contributed by atoms with Gasteiger partial charge in [0.25, 0.3) is 0 Å². The van der Waals surface area contributed by atoms with Crippen LogP contribution in [0.15, 0.2) is 40.9 Å². The van der Waals surface area contributed by atoms with Gasteiger partial charge < -0.3 is 9.47 Å². The molecule has 0 aromatic heterocycles. The van der Waals surface area contributed by atoms with E-state index in [1.54, 1.807) is 14.2 Å². The van der Waals surface area contributed by atoms with Crippen molar-refractivity contribution in [2.45, 2.75) is 5.38 Å². The highest BCUT2D eigenvalue weighted by molar-refractivity contribution is 14.1. The van der Waals surface area contributed by atoms with Crippen LogP contribution in [0.5, 0.6) is 11.5 Å². The van der Waals surface area contributed by atoms with Gasteiger partial charge in [0.1, 0.15) is 11.5 Å². The van der Waals surface area contributed by atoms with Gasteiger partial charge in [0.2, 0.25) is 0 Å². The first-order valence-corrected chi connectivity index (χ1v) is 8.19. The maximum atomic E-state index is 6.65. The molecular formula is C15H13BrClIO2. The van der Waals surface area contributed by atoms with E-state index in [0.717, 1.165) is 30.7 Å². The highest BCUT2D eigenvalue weighted by Gasteiger charge is 2.20. The first-order chi connectivity index (χ1) is 9.58. The van der Waals surface area contributed by atoms with E-state index in [1.807, 2.05) is 36.4 Å². The predicted octanol–water partition coefficient (Wildman–Crippen LogP) is 5.40. The molecule has 1 atom stereocenters. The summed E-state index contributed by atoms with van der Waals surface area (Å²) in [4.78, 5) is 0. The number of hydrogen-bond acceptors (Lipinski definition) is 2. The molecule has 2 nitrogen and oxygen atoms in total. The third-order valence-electron chi connectivity index (χ3n) is 2.96. The van der Waals surface area contributed by atoms with Crippen molar-refractivity contribution in [2.75, 3.05) is 14.2 Å². The van der Waals surface area contributed by atoms with Crippen LogP contribution in [-0.2, 0) is 0 Å². The molecule has 0 fully saturated rings. The SMILES string of the molecule is COc1cc(C(Cl)c2ccccc2I)c(OC)cc1Br. The molecule has 0 N–H and O–H groups in total. The fourth-order valence-corrected chi connectivity index (χ4v) is 3.66. The summed E-state index contributed by atoms with van der Waals surface area (Å²) in [5.74, 6) is 1.47. The summed E-state index contributed by atoms with van der Waals surface area (Å²) in [6.07, 6.45) is 0. The highest BCUT2D eigenvalue weighted by atomic mass is 127. The lowest BCUT2D eigenvalue weighted by Crippen LogP contribution is -2.00. The van der Waals surface area contributed by atoms with Gasteiger partial charge in [-0.1, -0.05) is 18.2 Å². The summed E-state index contributed by atoms with van der Waals surface area (Å²) < 4.78 is 12.7. The van der Waals surface area contributed by atoms with Gasteiger partial charge in [0.05, 0.1) is 24.1 Å². The van der Waals surface area contributed by atoms with E-state index in [1.165, 1.54) is 0 Å². The summed E-state index contributed by atoms with van der Waals surface area (Å²) >= 11 is 12.4. The molecule has 0 heterocycles. The second-order valence-corrected chi connectivity index (χ2v) is 6.57. The molecule has 0 radical (unpaired) electrons. The monoisotopic (exact) mass is 466 g/mol. The standard InChI is InChI=1S/C15H13BrClIO2/c1-19-13-8-11(16)14(20-2)7-10(13)15(17)9-5-3-4-6-12(9)18/h3-8,15H,1-2H3. The molecule has 0 amide bonds. The zero-order chi connectivity index (χ0) is 14.7. The van der Waals surface area contributed by atoms with E-state index in [4.69, 9.17) is 21.1 Å².